The molecule has 0 heteroatoms. The van der Waals surface area contributed by atoms with Crippen LogP contribution < -0.4 is 5.22 Å². The second kappa shape index (κ2) is 3.91. The van der Waals surface area contributed by atoms with Gasteiger partial charge in [-0.25, -0.2) is 0 Å². The Balaban J connectivity index is 2.11. The van der Waals surface area contributed by atoms with Crippen molar-refractivity contribution in [1.82, 2.24) is 0 Å². The summed E-state index contributed by atoms with van der Waals surface area (Å²) in [4.78, 5) is 0. The molecule has 0 amide bonds. The van der Waals surface area contributed by atoms with Gasteiger partial charge in [-0.2, -0.15) is 0 Å². The molecule has 4 aromatic rings. The topological polar surface area (TPSA) is 0 Å². The molecule has 6 rings (SSSR count). The minimum absolute atomic E-state index is 1.05. The molecule has 0 unspecified atom stereocenters. The summed E-state index contributed by atoms with van der Waals surface area (Å²) in [6.45, 7) is 0. The highest BCUT2D eigenvalue weighted by Crippen LogP contribution is 2.37. The van der Waals surface area contributed by atoms with Crippen LogP contribution in [0, 0.1) is 0 Å². The molecular weight excluding hydrogens is 276 g/mol. The Morgan fingerprint density at radius 2 is 1.43 bits per heavy atom. The highest BCUT2D eigenvalue weighted by atomic mass is 14.2. The third-order valence-electron chi connectivity index (χ3n) is 5.42. The third kappa shape index (κ3) is 1.33. The Hall–Kier alpha value is -2.86. The van der Waals surface area contributed by atoms with Gasteiger partial charge >= 0.3 is 0 Å². The lowest BCUT2D eigenvalue weighted by Crippen LogP contribution is -2.17. The average molecular weight is 290 g/mol. The molecule has 106 valence electrons. The summed E-state index contributed by atoms with van der Waals surface area (Å²) in [5.74, 6) is 0. The largest absolute Gasteiger partial charge is 0.0613 e. The molecule has 0 saturated heterocycles. The van der Waals surface area contributed by atoms with Crippen molar-refractivity contribution in [3.63, 3.8) is 0 Å². The van der Waals surface area contributed by atoms with Gasteiger partial charge in [-0.15, -0.1) is 0 Å². The molecule has 0 atom stereocenters. The molecular formula is C23H14. The van der Waals surface area contributed by atoms with Crippen molar-refractivity contribution in [3.05, 3.63) is 89.2 Å². The van der Waals surface area contributed by atoms with Gasteiger partial charge in [-0.05, 0) is 60.7 Å². The predicted octanol–water partition coefficient (Wildman–Crippen LogP) is 5.07. The summed E-state index contributed by atoms with van der Waals surface area (Å²) >= 11 is 0. The van der Waals surface area contributed by atoms with Crippen LogP contribution in [0.25, 0.3) is 37.9 Å². The first kappa shape index (κ1) is 11.7. The van der Waals surface area contributed by atoms with Crippen LogP contribution in [0.15, 0.2) is 78.4 Å². The van der Waals surface area contributed by atoms with E-state index in [4.69, 9.17) is 0 Å². The predicted molar refractivity (Wildman–Crippen MR) is 98.5 cm³/mol. The fourth-order valence-electron chi connectivity index (χ4n) is 4.52. The fraction of sp³-hybridized carbons (Fsp3) is 0.0435. The van der Waals surface area contributed by atoms with Gasteiger partial charge in [-0.1, -0.05) is 72.8 Å². The van der Waals surface area contributed by atoms with Crippen molar-refractivity contribution < 1.29 is 0 Å². The highest BCUT2D eigenvalue weighted by Gasteiger charge is 2.21. The van der Waals surface area contributed by atoms with Crippen LogP contribution in [-0.2, 0) is 6.42 Å². The fourth-order valence-corrected chi connectivity index (χ4v) is 4.52. The van der Waals surface area contributed by atoms with E-state index < -0.39 is 0 Å². The Morgan fingerprint density at radius 3 is 2.30 bits per heavy atom. The van der Waals surface area contributed by atoms with Gasteiger partial charge in [0.15, 0.2) is 0 Å². The average Bonchev–Trinajstić information content (AvgIpc) is 3.06. The van der Waals surface area contributed by atoms with E-state index in [1.807, 2.05) is 0 Å². The maximum absolute atomic E-state index is 2.29. The summed E-state index contributed by atoms with van der Waals surface area (Å²) in [5, 5.41) is 9.81. The maximum Gasteiger partial charge on any atom is -0.00132 e. The van der Waals surface area contributed by atoms with E-state index in [0.29, 0.717) is 0 Å². The van der Waals surface area contributed by atoms with Crippen LogP contribution in [-0.4, -0.2) is 0 Å². The monoisotopic (exact) mass is 290 g/mol. The van der Waals surface area contributed by atoms with Crippen LogP contribution in [0.3, 0.4) is 0 Å². The van der Waals surface area contributed by atoms with Gasteiger partial charge in [0.25, 0.3) is 0 Å². The van der Waals surface area contributed by atoms with Crippen molar-refractivity contribution in [2.45, 2.75) is 6.42 Å². The Labute approximate surface area is 134 Å². The highest BCUT2D eigenvalue weighted by molar-refractivity contribution is 6.23. The van der Waals surface area contributed by atoms with Crippen molar-refractivity contribution in [3.8, 4) is 0 Å². The van der Waals surface area contributed by atoms with E-state index in [2.05, 4.69) is 72.8 Å². The van der Waals surface area contributed by atoms with Crippen molar-refractivity contribution in [2.75, 3.05) is 0 Å². The minimum Gasteiger partial charge on any atom is -0.0613 e. The molecule has 2 aliphatic rings. The molecule has 23 heavy (non-hydrogen) atoms. The lowest BCUT2D eigenvalue weighted by atomic mass is 9.83. The Bertz CT molecular complexity index is 1260. The van der Waals surface area contributed by atoms with Gasteiger partial charge in [-0.3, -0.25) is 0 Å². The first-order valence-corrected chi connectivity index (χ1v) is 8.18. The first-order chi connectivity index (χ1) is 11.4. The molecule has 4 aromatic carbocycles. The van der Waals surface area contributed by atoms with Gasteiger partial charge in [0.1, 0.15) is 0 Å². The number of rotatable bonds is 0. The molecule has 0 aromatic heterocycles. The first-order valence-electron chi connectivity index (χ1n) is 8.18. The maximum atomic E-state index is 2.29. The van der Waals surface area contributed by atoms with Crippen LogP contribution in [0.5, 0.6) is 0 Å². The third-order valence-corrected chi connectivity index (χ3v) is 5.42. The molecule has 2 aliphatic carbocycles. The smallest absolute Gasteiger partial charge is 0.00132 e. The zero-order chi connectivity index (χ0) is 15.0. The number of hydrogen-bond donors (Lipinski definition) is 0. The summed E-state index contributed by atoms with van der Waals surface area (Å²) in [7, 11) is 0. The second-order valence-corrected chi connectivity index (χ2v) is 6.57. The minimum atomic E-state index is 1.05. The van der Waals surface area contributed by atoms with Gasteiger partial charge < -0.3 is 0 Å². The molecule has 0 nitrogen and oxygen atoms in total. The van der Waals surface area contributed by atoms with E-state index >= 15 is 0 Å². The number of allylic oxidation sites excluding steroid dienone is 4. The number of hydrogen-bond acceptors (Lipinski definition) is 0. The van der Waals surface area contributed by atoms with Crippen molar-refractivity contribution in [2.24, 2.45) is 0 Å². The van der Waals surface area contributed by atoms with E-state index in [1.54, 1.807) is 0 Å². The second-order valence-electron chi connectivity index (χ2n) is 6.57. The van der Waals surface area contributed by atoms with Crippen LogP contribution in [0.2, 0.25) is 0 Å². The van der Waals surface area contributed by atoms with Crippen LogP contribution >= 0.6 is 0 Å². The normalized spacial score (nSPS) is 15.7. The Kier molecular flexibility index (Phi) is 1.98. The summed E-state index contributed by atoms with van der Waals surface area (Å²) in [6, 6.07) is 20.2. The summed E-state index contributed by atoms with van der Waals surface area (Å²) < 4.78 is 0. The molecule has 0 spiro atoms. The SMILES string of the molecule is C1=CC2=c3c4cccc5cccc(c6cccc(c36)CC2=C1)c54. The zero-order valence-corrected chi connectivity index (χ0v) is 12.6. The standard InChI is InChI=1S/C23H14/c1-5-14-6-2-12-20-21(14)18(10-1)19-11-4-8-16-13-15-7-3-9-17(15)23(20)22(16)19/h1-12H,13H2. The zero-order valence-electron chi connectivity index (χ0n) is 12.6. The van der Waals surface area contributed by atoms with Gasteiger partial charge in [0, 0.05) is 0 Å². The van der Waals surface area contributed by atoms with Crippen LogP contribution in [0.4, 0.5) is 0 Å². The number of fused-ring (bicyclic) bond motifs is 3. The molecule has 0 saturated carbocycles. The molecule has 0 heterocycles. The molecule has 0 radical (unpaired) electrons. The quantitative estimate of drug-likeness (QED) is 0.313. The van der Waals surface area contributed by atoms with E-state index in [-0.39, 0.29) is 0 Å². The van der Waals surface area contributed by atoms with E-state index in [0.717, 1.165) is 6.42 Å². The number of benzene rings is 4. The van der Waals surface area contributed by atoms with Gasteiger partial charge in [0.2, 0.25) is 0 Å². The lowest BCUT2D eigenvalue weighted by molar-refractivity contribution is 1.22. The molecule has 0 bridgehead atoms. The Morgan fingerprint density at radius 1 is 0.696 bits per heavy atom. The lowest BCUT2D eigenvalue weighted by Gasteiger charge is -2.20. The summed E-state index contributed by atoms with van der Waals surface area (Å²) in [6.07, 6.45) is 7.81. The van der Waals surface area contributed by atoms with E-state index in [9.17, 15) is 0 Å². The van der Waals surface area contributed by atoms with Crippen molar-refractivity contribution in [1.29, 1.82) is 0 Å². The van der Waals surface area contributed by atoms with Gasteiger partial charge in [0.05, 0.1) is 0 Å². The van der Waals surface area contributed by atoms with Crippen molar-refractivity contribution >= 4 is 37.9 Å². The molecule has 0 N–H and O–H groups in total. The van der Waals surface area contributed by atoms with E-state index in [1.165, 1.54) is 54.2 Å². The molecule has 0 aliphatic heterocycles. The summed E-state index contributed by atoms with van der Waals surface area (Å²) in [5.41, 5.74) is 4.34. The molecule has 0 fully saturated rings. The van der Waals surface area contributed by atoms with Crippen LogP contribution in [0.1, 0.15) is 5.56 Å².